The van der Waals surface area contributed by atoms with E-state index in [4.69, 9.17) is 9.15 Å². The van der Waals surface area contributed by atoms with Crippen LogP contribution in [0, 0.1) is 0 Å². The lowest BCUT2D eigenvalue weighted by atomic mass is 9.97. The van der Waals surface area contributed by atoms with Gasteiger partial charge in [0.05, 0.1) is 23.1 Å². The van der Waals surface area contributed by atoms with Crippen LogP contribution in [0.1, 0.15) is 60.5 Å². The van der Waals surface area contributed by atoms with Gasteiger partial charge < -0.3 is 19.0 Å². The molecule has 0 spiro atoms. The predicted molar refractivity (Wildman–Crippen MR) is 130 cm³/mol. The molecule has 0 saturated heterocycles. The Balaban J connectivity index is 1.87. The largest absolute Gasteiger partial charge is 0.491 e. The van der Waals surface area contributed by atoms with Crippen molar-refractivity contribution >= 4 is 16.9 Å². The number of ether oxygens (including phenoxy) is 1. The Bertz CT molecular complexity index is 1230. The summed E-state index contributed by atoms with van der Waals surface area (Å²) in [5.74, 6) is 0.638. The Labute approximate surface area is 194 Å². The van der Waals surface area contributed by atoms with E-state index in [1.54, 1.807) is 11.0 Å². The van der Waals surface area contributed by atoms with E-state index in [9.17, 15) is 9.59 Å². The van der Waals surface area contributed by atoms with Gasteiger partial charge in [0.1, 0.15) is 11.3 Å². The van der Waals surface area contributed by atoms with E-state index >= 15 is 0 Å². The number of amides is 1. The van der Waals surface area contributed by atoms with Crippen LogP contribution >= 0.6 is 0 Å². The zero-order valence-corrected chi connectivity index (χ0v) is 20.1. The van der Waals surface area contributed by atoms with Crippen LogP contribution in [0.3, 0.4) is 0 Å². The van der Waals surface area contributed by atoms with Gasteiger partial charge >= 0.3 is 0 Å². The molecule has 0 aliphatic carbocycles. The summed E-state index contributed by atoms with van der Waals surface area (Å²) >= 11 is 0. The average Bonchev–Trinajstić information content (AvgIpc) is 3.05. The molecule has 2 aromatic carbocycles. The highest BCUT2D eigenvalue weighted by Crippen LogP contribution is 2.39. The molecular weight excluding hydrogens is 416 g/mol. The summed E-state index contributed by atoms with van der Waals surface area (Å²) in [6.07, 6.45) is 1.63. The topological polar surface area (TPSA) is 63.0 Å². The molecule has 0 radical (unpaired) electrons. The molecule has 1 atom stereocenters. The van der Waals surface area contributed by atoms with Crippen molar-refractivity contribution in [2.24, 2.45) is 0 Å². The minimum atomic E-state index is -0.503. The maximum absolute atomic E-state index is 13.7. The van der Waals surface area contributed by atoms with E-state index in [0.717, 1.165) is 36.3 Å². The lowest BCUT2D eigenvalue weighted by Crippen LogP contribution is -2.32. The third kappa shape index (κ3) is 4.53. The standard InChI is InChI=1S/C27H32N2O4/c1-6-18-11-12-22-21(15-18)25(30)23-24(19-9-7-10-20(16-19)32-17(2)3)29(14-8-13-28(4)5)27(31)26(23)33-22/h7,9-12,15-17,24H,6,8,13-14H2,1-5H3. The zero-order chi connectivity index (χ0) is 23.7. The van der Waals surface area contributed by atoms with E-state index in [0.29, 0.717) is 23.1 Å². The summed E-state index contributed by atoms with van der Waals surface area (Å²) in [5.41, 5.74) is 2.65. The summed E-state index contributed by atoms with van der Waals surface area (Å²) < 4.78 is 12.0. The molecule has 6 heteroatoms. The molecular formula is C27H32N2O4. The number of fused-ring (bicyclic) bond motifs is 2. The first kappa shape index (κ1) is 23.1. The second kappa shape index (κ2) is 9.40. The quantitative estimate of drug-likeness (QED) is 0.502. The Kier molecular flexibility index (Phi) is 6.56. The Hall–Kier alpha value is -3.12. The van der Waals surface area contributed by atoms with Crippen LogP contribution in [0.25, 0.3) is 11.0 Å². The molecule has 4 rings (SSSR count). The van der Waals surface area contributed by atoms with Crippen LogP contribution in [0.2, 0.25) is 0 Å². The van der Waals surface area contributed by atoms with Crippen molar-refractivity contribution in [2.45, 2.75) is 45.8 Å². The minimum Gasteiger partial charge on any atom is -0.491 e. The average molecular weight is 449 g/mol. The molecule has 1 unspecified atom stereocenters. The predicted octanol–water partition coefficient (Wildman–Crippen LogP) is 4.64. The molecule has 3 aromatic rings. The van der Waals surface area contributed by atoms with Crippen LogP contribution in [-0.2, 0) is 6.42 Å². The Morgan fingerprint density at radius 1 is 1.12 bits per heavy atom. The molecule has 6 nitrogen and oxygen atoms in total. The van der Waals surface area contributed by atoms with Gasteiger partial charge in [-0.1, -0.05) is 25.1 Å². The monoisotopic (exact) mass is 448 g/mol. The first-order valence-corrected chi connectivity index (χ1v) is 11.6. The van der Waals surface area contributed by atoms with Gasteiger partial charge in [0, 0.05) is 6.54 Å². The molecule has 0 fully saturated rings. The number of rotatable bonds is 8. The van der Waals surface area contributed by atoms with Gasteiger partial charge in [-0.3, -0.25) is 9.59 Å². The van der Waals surface area contributed by atoms with E-state index in [1.165, 1.54) is 0 Å². The fourth-order valence-electron chi connectivity index (χ4n) is 4.45. The number of hydrogen-bond acceptors (Lipinski definition) is 5. The van der Waals surface area contributed by atoms with E-state index in [1.807, 2.05) is 64.3 Å². The third-order valence-corrected chi connectivity index (χ3v) is 5.99. The van der Waals surface area contributed by atoms with E-state index < -0.39 is 6.04 Å². The number of carbonyl (C=O) groups excluding carboxylic acids is 1. The lowest BCUT2D eigenvalue weighted by molar-refractivity contribution is 0.0722. The maximum Gasteiger partial charge on any atom is 0.290 e. The van der Waals surface area contributed by atoms with Crippen LogP contribution in [0.4, 0.5) is 0 Å². The van der Waals surface area contributed by atoms with Gasteiger partial charge in [0.2, 0.25) is 5.76 Å². The van der Waals surface area contributed by atoms with Gasteiger partial charge in [-0.25, -0.2) is 0 Å². The lowest BCUT2D eigenvalue weighted by Gasteiger charge is -2.26. The molecule has 174 valence electrons. The highest BCUT2D eigenvalue weighted by molar-refractivity contribution is 5.99. The van der Waals surface area contributed by atoms with Crippen LogP contribution in [0.5, 0.6) is 5.75 Å². The van der Waals surface area contributed by atoms with Crippen LogP contribution in [0.15, 0.2) is 51.7 Å². The van der Waals surface area contributed by atoms with Crippen molar-refractivity contribution in [1.29, 1.82) is 0 Å². The molecule has 0 N–H and O–H groups in total. The fourth-order valence-corrected chi connectivity index (χ4v) is 4.45. The van der Waals surface area contributed by atoms with Crippen LogP contribution < -0.4 is 10.2 Å². The van der Waals surface area contributed by atoms with Crippen molar-refractivity contribution in [3.8, 4) is 5.75 Å². The Morgan fingerprint density at radius 3 is 2.61 bits per heavy atom. The highest BCUT2D eigenvalue weighted by atomic mass is 16.5. The van der Waals surface area contributed by atoms with Crippen molar-refractivity contribution < 1.29 is 13.9 Å². The van der Waals surface area contributed by atoms with Gasteiger partial charge in [0.25, 0.3) is 5.91 Å². The summed E-state index contributed by atoms with van der Waals surface area (Å²) in [7, 11) is 4.02. The first-order chi connectivity index (χ1) is 15.8. The summed E-state index contributed by atoms with van der Waals surface area (Å²) in [4.78, 5) is 31.1. The molecule has 33 heavy (non-hydrogen) atoms. The molecule has 2 heterocycles. The first-order valence-electron chi connectivity index (χ1n) is 11.6. The number of hydrogen-bond donors (Lipinski definition) is 0. The summed E-state index contributed by atoms with van der Waals surface area (Å²) in [5, 5.41) is 0.524. The zero-order valence-electron chi connectivity index (χ0n) is 20.1. The van der Waals surface area contributed by atoms with Gasteiger partial charge in [0.15, 0.2) is 5.43 Å². The van der Waals surface area contributed by atoms with Crippen LogP contribution in [-0.4, -0.2) is 49.0 Å². The molecule has 1 aliphatic rings. The van der Waals surface area contributed by atoms with Gasteiger partial charge in [-0.2, -0.15) is 0 Å². The van der Waals surface area contributed by atoms with Crippen molar-refractivity contribution in [3.63, 3.8) is 0 Å². The molecule has 1 aliphatic heterocycles. The molecule has 1 amide bonds. The van der Waals surface area contributed by atoms with E-state index in [2.05, 4.69) is 11.8 Å². The smallest absolute Gasteiger partial charge is 0.290 e. The minimum absolute atomic E-state index is 0.0235. The van der Waals surface area contributed by atoms with Crippen molar-refractivity contribution in [2.75, 3.05) is 27.2 Å². The number of aryl methyl sites for hydroxylation is 1. The molecule has 0 saturated carbocycles. The second-order valence-corrected chi connectivity index (χ2v) is 9.16. The molecule has 0 bridgehead atoms. The SMILES string of the molecule is CCc1ccc2oc3c(c(=O)c2c1)C(c1cccc(OC(C)C)c1)N(CCCN(C)C)C3=O. The van der Waals surface area contributed by atoms with E-state index in [-0.39, 0.29) is 23.2 Å². The second-order valence-electron chi connectivity index (χ2n) is 9.16. The van der Waals surface area contributed by atoms with Gasteiger partial charge in [-0.05, 0) is 82.7 Å². The molecule has 1 aromatic heterocycles. The normalized spacial score (nSPS) is 15.7. The van der Waals surface area contributed by atoms with Gasteiger partial charge in [-0.15, -0.1) is 0 Å². The highest BCUT2D eigenvalue weighted by Gasteiger charge is 2.42. The fraction of sp³-hybridized carbons (Fsp3) is 0.407. The third-order valence-electron chi connectivity index (χ3n) is 5.99. The number of carbonyl (C=O) groups is 1. The maximum atomic E-state index is 13.7. The number of nitrogens with zero attached hydrogens (tertiary/aromatic N) is 2. The number of benzene rings is 2. The van der Waals surface area contributed by atoms with Crippen molar-refractivity contribution in [3.05, 3.63) is 75.1 Å². The Morgan fingerprint density at radius 2 is 1.91 bits per heavy atom. The summed E-state index contributed by atoms with van der Waals surface area (Å²) in [6, 6.07) is 12.8. The van der Waals surface area contributed by atoms with Crippen molar-refractivity contribution in [1.82, 2.24) is 9.80 Å². The summed E-state index contributed by atoms with van der Waals surface area (Å²) in [6.45, 7) is 7.36.